The molecule has 4 nitrogen and oxygen atoms in total. The predicted molar refractivity (Wildman–Crippen MR) is 128 cm³/mol. The summed E-state index contributed by atoms with van der Waals surface area (Å²) in [4.78, 5) is 23.6. The highest BCUT2D eigenvalue weighted by Gasteiger charge is 2.08. The van der Waals surface area contributed by atoms with E-state index in [2.05, 4.69) is 6.58 Å². The topological polar surface area (TPSA) is 52.6 Å². The van der Waals surface area contributed by atoms with Gasteiger partial charge in [-0.05, 0) is 62.0 Å². The summed E-state index contributed by atoms with van der Waals surface area (Å²) in [6.07, 6.45) is 5.31. The first kappa shape index (κ1) is 24.7. The third-order valence-corrected chi connectivity index (χ3v) is 5.77. The van der Waals surface area contributed by atoms with E-state index < -0.39 is 0 Å². The van der Waals surface area contributed by atoms with Crippen LogP contribution < -0.4 is 4.74 Å². The first-order chi connectivity index (χ1) is 15.1. The maximum absolute atomic E-state index is 12.4. The number of unbranched alkanes of at least 4 members (excludes halogenated alkanes) is 3. The average molecular weight is 441 g/mol. The Morgan fingerprint density at radius 3 is 2.16 bits per heavy atom. The second kappa shape index (κ2) is 14.5. The minimum atomic E-state index is -0.297. The van der Waals surface area contributed by atoms with Gasteiger partial charge in [-0.2, -0.15) is 11.8 Å². The summed E-state index contributed by atoms with van der Waals surface area (Å²) in [5.41, 5.74) is 1.82. The fourth-order valence-corrected chi connectivity index (χ4v) is 3.79. The molecule has 31 heavy (non-hydrogen) atoms. The summed E-state index contributed by atoms with van der Waals surface area (Å²) in [5, 5.41) is 0. The molecule has 0 aliphatic rings. The molecule has 0 bridgehead atoms. The number of rotatable bonds is 15. The fourth-order valence-electron chi connectivity index (χ4n) is 2.86. The Bertz CT molecular complexity index is 815. The summed E-state index contributed by atoms with van der Waals surface area (Å²) in [6, 6.07) is 16.6. The third kappa shape index (κ3) is 9.88. The van der Waals surface area contributed by atoms with Crippen molar-refractivity contribution in [1.82, 2.24) is 0 Å². The van der Waals surface area contributed by atoms with E-state index in [1.165, 1.54) is 6.42 Å². The van der Waals surface area contributed by atoms with Gasteiger partial charge in [0.1, 0.15) is 5.75 Å². The largest absolute Gasteiger partial charge is 0.494 e. The summed E-state index contributed by atoms with van der Waals surface area (Å²) in [6.45, 7) is 6.38. The van der Waals surface area contributed by atoms with Crippen LogP contribution in [0.5, 0.6) is 5.75 Å². The Balaban J connectivity index is 1.47. The molecule has 166 valence electrons. The van der Waals surface area contributed by atoms with E-state index in [4.69, 9.17) is 9.47 Å². The molecular formula is C26H32O4S. The molecule has 0 atom stereocenters. The van der Waals surface area contributed by atoms with Crippen LogP contribution in [-0.2, 0) is 9.53 Å². The maximum atomic E-state index is 12.4. The van der Waals surface area contributed by atoms with E-state index in [-0.39, 0.29) is 11.8 Å². The van der Waals surface area contributed by atoms with Crippen LogP contribution in [0.3, 0.4) is 0 Å². The van der Waals surface area contributed by atoms with Crippen LogP contribution in [0.2, 0.25) is 0 Å². The van der Waals surface area contributed by atoms with Crippen molar-refractivity contribution >= 4 is 23.5 Å². The number of carbonyl (C=O) groups is 2. The second-order valence-electron chi connectivity index (χ2n) is 7.36. The Kier molecular flexibility index (Phi) is 11.5. The zero-order valence-corrected chi connectivity index (χ0v) is 19.1. The number of benzene rings is 2. The molecule has 0 saturated heterocycles. The SMILES string of the molecule is C=C(C)C(=O)OCCCCCCSCCCOc1ccc(C(=O)c2ccccc2)cc1. The standard InChI is InChI=1S/C26H32O4S/c1-21(2)26(28)30-17-8-3-4-9-19-31-20-10-18-29-24-15-13-23(14-16-24)25(27)22-11-6-5-7-12-22/h5-7,11-16H,1,3-4,8-10,17-20H2,2H3. The monoisotopic (exact) mass is 440 g/mol. The van der Waals surface area contributed by atoms with Crippen molar-refractivity contribution in [2.45, 2.75) is 39.0 Å². The molecule has 2 rings (SSSR count). The van der Waals surface area contributed by atoms with Gasteiger partial charge in [0.05, 0.1) is 13.2 Å². The van der Waals surface area contributed by atoms with E-state index >= 15 is 0 Å². The summed E-state index contributed by atoms with van der Waals surface area (Å²) in [5.74, 6) is 2.73. The molecular weight excluding hydrogens is 408 g/mol. The molecule has 0 spiro atoms. The first-order valence-electron chi connectivity index (χ1n) is 10.8. The van der Waals surface area contributed by atoms with Gasteiger partial charge in [0.2, 0.25) is 0 Å². The highest BCUT2D eigenvalue weighted by atomic mass is 32.2. The van der Waals surface area contributed by atoms with Gasteiger partial charge in [0.15, 0.2) is 5.78 Å². The lowest BCUT2D eigenvalue weighted by Gasteiger charge is -2.07. The molecule has 2 aromatic carbocycles. The fraction of sp³-hybridized carbons (Fsp3) is 0.385. The van der Waals surface area contributed by atoms with Crippen molar-refractivity contribution < 1.29 is 19.1 Å². The Morgan fingerprint density at radius 1 is 0.806 bits per heavy atom. The van der Waals surface area contributed by atoms with Gasteiger partial charge in [0.25, 0.3) is 0 Å². The van der Waals surface area contributed by atoms with E-state index in [1.54, 1.807) is 6.92 Å². The van der Waals surface area contributed by atoms with Gasteiger partial charge in [0, 0.05) is 16.7 Å². The van der Waals surface area contributed by atoms with Crippen LogP contribution in [0, 0.1) is 0 Å². The lowest BCUT2D eigenvalue weighted by atomic mass is 10.0. The molecule has 2 aromatic rings. The zero-order valence-electron chi connectivity index (χ0n) is 18.3. The Morgan fingerprint density at radius 2 is 1.45 bits per heavy atom. The van der Waals surface area contributed by atoms with Crippen LogP contribution in [-0.4, -0.2) is 36.5 Å². The van der Waals surface area contributed by atoms with E-state index in [0.29, 0.717) is 29.9 Å². The van der Waals surface area contributed by atoms with Crippen molar-refractivity contribution in [3.8, 4) is 5.75 Å². The van der Waals surface area contributed by atoms with Crippen LogP contribution in [0.1, 0.15) is 54.9 Å². The maximum Gasteiger partial charge on any atom is 0.333 e. The van der Waals surface area contributed by atoms with Gasteiger partial charge < -0.3 is 9.47 Å². The van der Waals surface area contributed by atoms with Crippen molar-refractivity contribution in [3.63, 3.8) is 0 Å². The highest BCUT2D eigenvalue weighted by Crippen LogP contribution is 2.16. The second-order valence-corrected chi connectivity index (χ2v) is 8.59. The number of esters is 1. The Labute approximate surface area is 190 Å². The van der Waals surface area contributed by atoms with Crippen LogP contribution in [0.4, 0.5) is 0 Å². The number of ether oxygens (including phenoxy) is 2. The van der Waals surface area contributed by atoms with Crippen LogP contribution in [0.25, 0.3) is 0 Å². The molecule has 0 aliphatic heterocycles. The minimum Gasteiger partial charge on any atom is -0.494 e. The number of hydrogen-bond donors (Lipinski definition) is 0. The number of thioether (sulfide) groups is 1. The molecule has 5 heteroatoms. The number of ketones is 1. The highest BCUT2D eigenvalue weighted by molar-refractivity contribution is 7.99. The van der Waals surface area contributed by atoms with Crippen LogP contribution >= 0.6 is 11.8 Å². The molecule has 0 fully saturated rings. The summed E-state index contributed by atoms with van der Waals surface area (Å²) >= 11 is 1.94. The van der Waals surface area contributed by atoms with Gasteiger partial charge in [-0.1, -0.05) is 49.8 Å². The third-order valence-electron chi connectivity index (χ3n) is 4.62. The van der Waals surface area contributed by atoms with Crippen LogP contribution in [0.15, 0.2) is 66.7 Å². The van der Waals surface area contributed by atoms with E-state index in [0.717, 1.165) is 42.9 Å². The van der Waals surface area contributed by atoms with Crippen molar-refractivity contribution in [2.75, 3.05) is 24.7 Å². The number of carbonyl (C=O) groups excluding carboxylic acids is 2. The van der Waals surface area contributed by atoms with Crippen molar-refractivity contribution in [1.29, 1.82) is 0 Å². The zero-order chi connectivity index (χ0) is 22.3. The molecule has 0 amide bonds. The molecule has 0 aromatic heterocycles. The van der Waals surface area contributed by atoms with Crippen molar-refractivity contribution in [2.24, 2.45) is 0 Å². The lowest BCUT2D eigenvalue weighted by Crippen LogP contribution is -2.06. The molecule has 0 heterocycles. The average Bonchev–Trinajstić information content (AvgIpc) is 2.80. The number of hydrogen-bond acceptors (Lipinski definition) is 5. The summed E-state index contributed by atoms with van der Waals surface area (Å²) in [7, 11) is 0. The Hall–Kier alpha value is -2.53. The van der Waals surface area contributed by atoms with Gasteiger partial charge in [-0.15, -0.1) is 0 Å². The molecule has 0 radical (unpaired) electrons. The van der Waals surface area contributed by atoms with Crippen molar-refractivity contribution in [3.05, 3.63) is 77.9 Å². The van der Waals surface area contributed by atoms with E-state index in [9.17, 15) is 9.59 Å². The van der Waals surface area contributed by atoms with E-state index in [1.807, 2.05) is 66.4 Å². The predicted octanol–water partition coefficient (Wildman–Crippen LogP) is 6.10. The van der Waals surface area contributed by atoms with Gasteiger partial charge in [-0.3, -0.25) is 4.79 Å². The summed E-state index contributed by atoms with van der Waals surface area (Å²) < 4.78 is 10.9. The molecule has 0 N–H and O–H groups in total. The quantitative estimate of drug-likeness (QED) is 0.145. The van der Waals surface area contributed by atoms with Gasteiger partial charge >= 0.3 is 5.97 Å². The minimum absolute atomic E-state index is 0.0245. The van der Waals surface area contributed by atoms with Gasteiger partial charge in [-0.25, -0.2) is 4.79 Å². The normalized spacial score (nSPS) is 10.5. The molecule has 0 saturated carbocycles. The lowest BCUT2D eigenvalue weighted by molar-refractivity contribution is -0.139. The molecule has 0 unspecified atom stereocenters. The smallest absolute Gasteiger partial charge is 0.333 e. The first-order valence-corrected chi connectivity index (χ1v) is 12.0. The molecule has 0 aliphatic carbocycles.